The maximum atomic E-state index is 14.0. The van der Waals surface area contributed by atoms with E-state index in [1.54, 1.807) is 37.3 Å². The van der Waals surface area contributed by atoms with Crippen LogP contribution in [0.5, 0.6) is 0 Å². The third-order valence-corrected chi connectivity index (χ3v) is 8.14. The molecule has 0 aliphatic rings. The second-order valence-electron chi connectivity index (χ2n) is 11.0. The molecule has 2 amide bonds. The predicted molar refractivity (Wildman–Crippen MR) is 156 cm³/mol. The zero-order valence-electron chi connectivity index (χ0n) is 23.9. The minimum atomic E-state index is -4.10. The highest BCUT2D eigenvalue weighted by atomic mass is 32.2. The molecule has 3 aromatic carbocycles. The van der Waals surface area contributed by atoms with Gasteiger partial charge in [0.15, 0.2) is 0 Å². The number of nitrogens with one attached hydrogen (secondary N) is 1. The molecule has 0 radical (unpaired) electrons. The molecule has 208 valence electrons. The third kappa shape index (κ3) is 7.69. The summed E-state index contributed by atoms with van der Waals surface area (Å²) in [4.78, 5) is 28.7. The summed E-state index contributed by atoms with van der Waals surface area (Å²) in [6, 6.07) is 20.5. The first-order valence-electron chi connectivity index (χ1n) is 13.0. The fraction of sp³-hybridized carbons (Fsp3) is 0.355. The number of sulfonamides is 1. The minimum absolute atomic E-state index is 0.0917. The number of nitrogens with zero attached hydrogens (tertiary/aromatic N) is 2. The fourth-order valence-electron chi connectivity index (χ4n) is 4.27. The van der Waals surface area contributed by atoms with Crippen LogP contribution in [-0.2, 0) is 26.2 Å². The van der Waals surface area contributed by atoms with Gasteiger partial charge in [0.2, 0.25) is 11.8 Å². The molecule has 0 aromatic heterocycles. The van der Waals surface area contributed by atoms with E-state index in [2.05, 4.69) is 5.32 Å². The van der Waals surface area contributed by atoms with Crippen LogP contribution >= 0.6 is 0 Å². The van der Waals surface area contributed by atoms with Crippen LogP contribution in [0.2, 0.25) is 0 Å². The molecule has 3 rings (SSSR count). The molecular formula is C31H39N3O4S. The highest BCUT2D eigenvalue weighted by Crippen LogP contribution is 2.28. The molecule has 0 heterocycles. The van der Waals surface area contributed by atoms with Gasteiger partial charge in [0.05, 0.1) is 10.6 Å². The lowest BCUT2D eigenvalue weighted by atomic mass is 10.1. The number of anilines is 1. The molecule has 0 bridgehead atoms. The van der Waals surface area contributed by atoms with Crippen molar-refractivity contribution in [2.45, 2.75) is 71.5 Å². The van der Waals surface area contributed by atoms with Crippen LogP contribution in [0.3, 0.4) is 0 Å². The van der Waals surface area contributed by atoms with Crippen molar-refractivity contribution < 1.29 is 18.0 Å². The Morgan fingerprint density at radius 3 is 2.03 bits per heavy atom. The largest absolute Gasteiger partial charge is 0.350 e. The molecule has 1 unspecified atom stereocenters. The van der Waals surface area contributed by atoms with Gasteiger partial charge in [-0.15, -0.1) is 0 Å². The average molecular weight is 550 g/mol. The van der Waals surface area contributed by atoms with E-state index >= 15 is 0 Å². The van der Waals surface area contributed by atoms with E-state index in [0.717, 1.165) is 26.6 Å². The molecule has 1 N–H and O–H groups in total. The zero-order valence-corrected chi connectivity index (χ0v) is 24.7. The number of benzene rings is 3. The molecule has 0 aliphatic heterocycles. The molecule has 0 saturated heterocycles. The van der Waals surface area contributed by atoms with Gasteiger partial charge >= 0.3 is 0 Å². The Morgan fingerprint density at radius 2 is 1.46 bits per heavy atom. The summed E-state index contributed by atoms with van der Waals surface area (Å²) in [7, 11) is -4.10. The lowest BCUT2D eigenvalue weighted by molar-refractivity contribution is -0.140. The lowest BCUT2D eigenvalue weighted by Gasteiger charge is -2.34. The molecule has 3 aromatic rings. The number of hydrogen-bond donors (Lipinski definition) is 1. The highest BCUT2D eigenvalue weighted by Gasteiger charge is 2.33. The van der Waals surface area contributed by atoms with E-state index in [9.17, 15) is 18.0 Å². The number of hydrogen-bond acceptors (Lipinski definition) is 4. The Bertz CT molecular complexity index is 1410. The van der Waals surface area contributed by atoms with Gasteiger partial charge in [0.1, 0.15) is 12.6 Å². The Hall–Kier alpha value is -3.65. The third-order valence-electron chi connectivity index (χ3n) is 6.37. The van der Waals surface area contributed by atoms with E-state index in [1.165, 1.54) is 4.90 Å². The molecule has 1 atom stereocenters. The van der Waals surface area contributed by atoms with Crippen LogP contribution in [-0.4, -0.2) is 43.3 Å². The van der Waals surface area contributed by atoms with Gasteiger partial charge in [-0.25, -0.2) is 8.42 Å². The van der Waals surface area contributed by atoms with Crippen molar-refractivity contribution in [3.8, 4) is 0 Å². The predicted octanol–water partition coefficient (Wildman–Crippen LogP) is 5.14. The Kier molecular flexibility index (Phi) is 9.22. The molecule has 0 spiro atoms. The number of rotatable bonds is 9. The van der Waals surface area contributed by atoms with Gasteiger partial charge in [-0.2, -0.15) is 0 Å². The summed E-state index contributed by atoms with van der Waals surface area (Å²) in [6.45, 7) is 12.6. The topological polar surface area (TPSA) is 86.8 Å². The van der Waals surface area contributed by atoms with Crippen molar-refractivity contribution in [1.29, 1.82) is 0 Å². The van der Waals surface area contributed by atoms with Gasteiger partial charge in [0.25, 0.3) is 10.0 Å². The van der Waals surface area contributed by atoms with Crippen molar-refractivity contribution in [3.63, 3.8) is 0 Å². The SMILES string of the molecule is Cc1ccc(S(=O)(=O)N(CC(=O)N(Cc2ccccc2)C(C)C(=O)NC(C)(C)C)c2ccc(C)cc2C)cc1. The van der Waals surface area contributed by atoms with Crippen molar-refractivity contribution in [2.75, 3.05) is 10.8 Å². The van der Waals surface area contributed by atoms with Crippen LogP contribution in [0.15, 0.2) is 77.7 Å². The quantitative estimate of drug-likeness (QED) is 0.401. The van der Waals surface area contributed by atoms with Gasteiger partial charge in [-0.1, -0.05) is 65.7 Å². The van der Waals surface area contributed by atoms with Crippen LogP contribution in [0.25, 0.3) is 0 Å². The van der Waals surface area contributed by atoms with E-state index in [1.807, 2.05) is 84.0 Å². The van der Waals surface area contributed by atoms with Crippen molar-refractivity contribution in [1.82, 2.24) is 10.2 Å². The van der Waals surface area contributed by atoms with Crippen LogP contribution in [0, 0.1) is 20.8 Å². The molecule has 0 fully saturated rings. The summed E-state index contributed by atoms with van der Waals surface area (Å²) >= 11 is 0. The second kappa shape index (κ2) is 12.0. The molecule has 39 heavy (non-hydrogen) atoms. The molecule has 7 nitrogen and oxygen atoms in total. The molecule has 0 aliphatic carbocycles. The maximum Gasteiger partial charge on any atom is 0.264 e. The summed E-state index contributed by atoms with van der Waals surface area (Å²) in [5.41, 5.74) is 3.39. The van der Waals surface area contributed by atoms with E-state index in [4.69, 9.17) is 0 Å². The van der Waals surface area contributed by atoms with Gasteiger partial charge < -0.3 is 10.2 Å². The monoisotopic (exact) mass is 549 g/mol. The van der Waals surface area contributed by atoms with Gasteiger partial charge in [-0.05, 0) is 77.8 Å². The standard InChI is InChI=1S/C31H39N3O4S/c1-22-13-16-27(17-14-22)39(37,38)34(28-18-15-23(2)19-24(28)3)21-29(35)33(20-26-11-9-8-10-12-26)25(4)30(36)32-31(5,6)7/h8-19,25H,20-21H2,1-7H3,(H,32,36). The summed E-state index contributed by atoms with van der Waals surface area (Å²) < 4.78 is 29.1. The number of aryl methyl sites for hydroxylation is 3. The zero-order chi connectivity index (χ0) is 29.0. The smallest absolute Gasteiger partial charge is 0.264 e. The first kappa shape index (κ1) is 29.9. The summed E-state index contributed by atoms with van der Waals surface area (Å²) in [5.74, 6) is -0.794. The lowest BCUT2D eigenvalue weighted by Crippen LogP contribution is -2.54. The van der Waals surface area contributed by atoms with Gasteiger partial charge in [0, 0.05) is 12.1 Å². The van der Waals surface area contributed by atoms with Crippen molar-refractivity contribution >= 4 is 27.5 Å². The van der Waals surface area contributed by atoms with Crippen LogP contribution in [0.4, 0.5) is 5.69 Å². The molecule has 8 heteroatoms. The van der Waals surface area contributed by atoms with E-state index in [-0.39, 0.29) is 17.3 Å². The maximum absolute atomic E-state index is 14.0. The van der Waals surface area contributed by atoms with E-state index < -0.39 is 34.1 Å². The Morgan fingerprint density at radius 1 is 0.872 bits per heavy atom. The minimum Gasteiger partial charge on any atom is -0.350 e. The molecular weight excluding hydrogens is 510 g/mol. The first-order valence-corrected chi connectivity index (χ1v) is 14.4. The van der Waals surface area contributed by atoms with Crippen LogP contribution < -0.4 is 9.62 Å². The Balaban J connectivity index is 2.06. The van der Waals surface area contributed by atoms with Gasteiger partial charge in [-0.3, -0.25) is 13.9 Å². The summed E-state index contributed by atoms with van der Waals surface area (Å²) in [5, 5.41) is 2.94. The molecule has 0 saturated carbocycles. The fourth-order valence-corrected chi connectivity index (χ4v) is 5.75. The van der Waals surface area contributed by atoms with Crippen LogP contribution in [0.1, 0.15) is 49.9 Å². The second-order valence-corrected chi connectivity index (χ2v) is 12.9. The average Bonchev–Trinajstić information content (AvgIpc) is 2.85. The Labute approximate surface area is 232 Å². The number of amides is 2. The first-order chi connectivity index (χ1) is 18.2. The number of carbonyl (C=O) groups excluding carboxylic acids is 2. The highest BCUT2D eigenvalue weighted by molar-refractivity contribution is 7.92. The van der Waals surface area contributed by atoms with Crippen molar-refractivity contribution in [2.24, 2.45) is 0 Å². The summed E-state index contributed by atoms with van der Waals surface area (Å²) in [6.07, 6.45) is 0. The number of carbonyl (C=O) groups is 2. The van der Waals surface area contributed by atoms with E-state index in [0.29, 0.717) is 5.69 Å². The van der Waals surface area contributed by atoms with Crippen molar-refractivity contribution in [3.05, 3.63) is 95.1 Å². The normalized spacial score (nSPS) is 12.5.